The van der Waals surface area contributed by atoms with Crippen molar-refractivity contribution in [2.75, 3.05) is 14.2 Å². The van der Waals surface area contributed by atoms with Crippen molar-refractivity contribution in [1.82, 2.24) is 53.8 Å². The molecule has 27 rings (SSSR count). The molecular formula is C106H111Cl2F8IN12O12S. The fraction of sp³-hybridized carbons (Fsp3) is 0.462. The van der Waals surface area contributed by atoms with Gasteiger partial charge in [-0.25, -0.2) is 72.4 Å². The fourth-order valence-corrected chi connectivity index (χ4v) is 26.9. The van der Waals surface area contributed by atoms with E-state index in [9.17, 15) is 48.7 Å². The summed E-state index contributed by atoms with van der Waals surface area (Å²) in [4.78, 5) is 111. The summed E-state index contributed by atoms with van der Waals surface area (Å²) in [6.07, 6.45) is 43.7. The van der Waals surface area contributed by atoms with Gasteiger partial charge in [-0.15, -0.1) is 0 Å². The van der Waals surface area contributed by atoms with Crippen molar-refractivity contribution in [1.29, 1.82) is 0 Å². The molecule has 1 aromatic carbocycles. The van der Waals surface area contributed by atoms with Gasteiger partial charge in [0.25, 0.3) is 10.0 Å². The number of methoxy groups -OCH3 is 2. The zero-order valence-corrected chi connectivity index (χ0v) is 83.5. The van der Waals surface area contributed by atoms with E-state index in [0.717, 1.165) is 120 Å². The molecule has 36 heteroatoms. The predicted molar refractivity (Wildman–Crippen MR) is 519 cm³/mol. The van der Waals surface area contributed by atoms with Crippen molar-refractivity contribution in [2.24, 2.45) is 112 Å². The normalized spacial score (nSPS) is 25.3. The minimum Gasteiger partial charge on any atom is -0.469 e. The highest BCUT2D eigenvalue weighted by molar-refractivity contribution is 14.1. The van der Waals surface area contributed by atoms with Gasteiger partial charge in [0.05, 0.1) is 101 Å². The number of nitrogens with zero attached hydrogens (tertiary/aromatic N) is 9. The molecule has 11 heterocycles. The maximum absolute atomic E-state index is 15.0. The van der Waals surface area contributed by atoms with Crippen LogP contribution in [0.1, 0.15) is 177 Å². The Bertz CT molecular complexity index is 6630. The molecule has 142 heavy (non-hydrogen) atoms. The summed E-state index contributed by atoms with van der Waals surface area (Å²) in [6, 6.07) is 19.1. The van der Waals surface area contributed by atoms with E-state index in [1.54, 1.807) is 36.7 Å². The molecule has 0 amide bonds. The number of fused-ring (bicyclic) bond motifs is 18. The highest BCUT2D eigenvalue weighted by Gasteiger charge is 2.50. The van der Waals surface area contributed by atoms with Gasteiger partial charge in [-0.05, 0) is 355 Å². The van der Waals surface area contributed by atoms with Gasteiger partial charge in [-0.2, -0.15) is 28.8 Å². The number of carbonyl (C=O) groups is 2. The number of aromatic nitrogens is 11. The van der Waals surface area contributed by atoms with Gasteiger partial charge in [0.2, 0.25) is 0 Å². The average molecular weight is 2130 g/mol. The molecule has 0 unspecified atom stereocenters. The molecule has 0 aliphatic heterocycles. The third-order valence-corrected chi connectivity index (χ3v) is 34.7. The van der Waals surface area contributed by atoms with E-state index < -0.39 is 21.7 Å². The molecule has 4 N–H and O–H groups in total. The van der Waals surface area contributed by atoms with Crippen LogP contribution in [-0.4, -0.2) is 113 Å². The maximum Gasteiger partial charge on any atom is 0.373 e. The highest BCUT2D eigenvalue weighted by Crippen LogP contribution is 2.55. The monoisotopic (exact) mass is 2120 g/mol. The summed E-state index contributed by atoms with van der Waals surface area (Å²) in [5.74, 6) is 5.96. The molecular weight excluding hydrogens is 2020 g/mol. The lowest BCUT2D eigenvalue weighted by atomic mass is 9.57. The standard InChI is InChI=1S/C29H29F2N3O2S.C22H23F2N3.C21H21F2N3.C16H19ClFNO2.C10H17NO2.C5H2ClFIN.3CO2/c1-17-3-9-23(10-4-17)37(35,36)34-16-26(25-13-22(30)14-33-29(25)34)28-12-21(27(31)15-32-28)11-24-18(2)19-5-7-20(24)8-6-19;1-12-13-2-4-14(5-3-13)17(12)6-15-7-21(25-11-20(15)24)19-10-27-22-18(19)8-16(23)9-26-22;22-16-8-17-18(10-26-21(17)25-9-16)20-7-15(19(23)11-24-20)6-14-5-12-1-3-13(14)4-2-12;1-21-16(20)15-10-4-2-9(3-5-10)12(15)6-11-7-14(17)19-8-13(11)18;1-13-10(12)8-6-2-4-7(5-3-6)9(8)11;6-5-1-4(8)3(7)2-9-5;3*2-1-3/h3-4,9-10,12-16,18-20,24H,5-8,11H2,1-2H3;7-14,17H,2-6H2,1H3,(H,26,27);7-14H,1-6H2,(H,25,26);7-10,12,15H,2-6H2,1H3;6-9H,2-5,11H2,1H3;1-2H;;;/t18-,19?,20?,24+;12-,13?,14?,17+;12?,13?,14-;9?,10?,12-,15-;6?,7?,8-,9-;;;;/m00000..../s1. The van der Waals surface area contributed by atoms with Crippen molar-refractivity contribution in [3.63, 3.8) is 0 Å². The Hall–Kier alpha value is -11.2. The lowest BCUT2D eigenvalue weighted by molar-refractivity contribution is -0.193. The SMILES string of the molecule is COC(=O)[C@H]1C2CCC(CC2)[C@@H]1Cc1cc(Cl)ncc1F.COC(=O)[C@H]1C2CCC(CC2)[C@@H]1N.C[C@H]1C2CCC(CC2)[C@@H]1Cc1cc(-c2c[nH]c3ncc(F)cc23)ncc1F.Cc1ccc(S(=O)(=O)n2cc(-c3cc(C[C@H]4C5CCC(CC5)[C@@H]4C)c(F)cn3)c3cc(F)cnc32)cc1.Fc1cnc(Cl)cc1I.Fc1cnc2[nH]cc(-c3cc(C[C@@H]4CC5CCC4CC5)c(F)cn3)c2c1.O=C=O.O=C=O.O=C=O. The van der Waals surface area contributed by atoms with Gasteiger partial charge >= 0.3 is 30.4 Å². The number of aryl methyl sites for hydroxylation is 1. The van der Waals surface area contributed by atoms with Gasteiger partial charge < -0.3 is 25.2 Å². The molecule has 9 atom stereocenters. The summed E-state index contributed by atoms with van der Waals surface area (Å²) in [5.41, 5.74) is 14.5. The Morgan fingerprint density at radius 1 is 0.437 bits per heavy atom. The Morgan fingerprint density at radius 3 is 1.23 bits per heavy atom. The van der Waals surface area contributed by atoms with E-state index in [1.165, 1.54) is 184 Å². The van der Waals surface area contributed by atoms with Gasteiger partial charge in [0.1, 0.15) is 62.3 Å². The first-order valence-corrected chi connectivity index (χ1v) is 51.4. The number of nitrogens with two attached hydrogens (primary N) is 1. The minimum atomic E-state index is -4.01. The van der Waals surface area contributed by atoms with Crippen molar-refractivity contribution >= 4 is 119 Å². The third-order valence-electron chi connectivity index (χ3n) is 31.8. The van der Waals surface area contributed by atoms with Crippen molar-refractivity contribution in [3.8, 4) is 33.8 Å². The molecule has 15 aliphatic carbocycles. The summed E-state index contributed by atoms with van der Waals surface area (Å²) in [6.45, 7) is 6.51. The molecule has 750 valence electrons. The highest BCUT2D eigenvalue weighted by atomic mass is 127. The Morgan fingerprint density at radius 2 is 0.803 bits per heavy atom. The topological polar surface area (TPSA) is 355 Å². The van der Waals surface area contributed by atoms with Crippen molar-refractivity contribution < 1.29 is 91.4 Å². The summed E-state index contributed by atoms with van der Waals surface area (Å²) in [5, 5.41) is 2.27. The van der Waals surface area contributed by atoms with Crippen LogP contribution in [0, 0.1) is 164 Å². The van der Waals surface area contributed by atoms with Gasteiger partial charge in [-0.1, -0.05) is 67.6 Å². The lowest BCUT2D eigenvalue weighted by Gasteiger charge is -2.47. The first-order valence-electron chi connectivity index (χ1n) is 48.1. The number of esters is 2. The number of carbonyl (C=O) groups excluding carboxylic acids is 8. The predicted octanol–water partition coefficient (Wildman–Crippen LogP) is 22.6. The number of aromatic amines is 2. The van der Waals surface area contributed by atoms with E-state index >= 15 is 4.39 Å². The smallest absolute Gasteiger partial charge is 0.373 e. The number of pyridine rings is 8. The average Bonchev–Trinajstić information content (AvgIpc) is 1.61. The zero-order chi connectivity index (χ0) is 101. The largest absolute Gasteiger partial charge is 0.469 e. The fourth-order valence-electron chi connectivity index (χ4n) is 24.6. The van der Waals surface area contributed by atoms with Gasteiger partial charge in [0.15, 0.2) is 11.5 Å². The second-order valence-electron chi connectivity index (χ2n) is 39.1. The summed E-state index contributed by atoms with van der Waals surface area (Å²) < 4.78 is 150. The van der Waals surface area contributed by atoms with E-state index in [4.69, 9.17) is 67.2 Å². The van der Waals surface area contributed by atoms with Crippen LogP contribution in [0.5, 0.6) is 0 Å². The third kappa shape index (κ3) is 24.9. The number of ether oxygens (including phenoxy) is 2. The van der Waals surface area contributed by atoms with Crippen LogP contribution < -0.4 is 5.73 Å². The number of halogens is 11. The Kier molecular flexibility index (Phi) is 36.4. The number of H-pyrrole nitrogens is 2. The second-order valence-corrected chi connectivity index (χ2v) is 42.9. The number of hydrogen-bond donors (Lipinski definition) is 3. The summed E-state index contributed by atoms with van der Waals surface area (Å²) in [7, 11) is -1.11. The Balaban J connectivity index is 0.000000138. The molecule has 15 fully saturated rings. The molecule has 12 aromatic rings. The van der Waals surface area contributed by atoms with Gasteiger partial charge in [0, 0.05) is 57.5 Å². The molecule has 15 aliphatic rings. The first-order chi connectivity index (χ1) is 68.3. The molecule has 0 saturated heterocycles. The molecule has 11 aromatic heterocycles. The molecule has 24 nitrogen and oxygen atoms in total. The van der Waals surface area contributed by atoms with Crippen LogP contribution in [0.15, 0.2) is 146 Å². The van der Waals surface area contributed by atoms with Crippen LogP contribution in [0.4, 0.5) is 35.1 Å². The van der Waals surface area contributed by atoms with Crippen LogP contribution in [-0.2, 0) is 83.5 Å². The van der Waals surface area contributed by atoms with E-state index in [1.807, 2.05) is 41.6 Å². The molecule has 10 bridgehead atoms. The van der Waals surface area contributed by atoms with Crippen LogP contribution in [0.3, 0.4) is 0 Å². The van der Waals surface area contributed by atoms with E-state index in [2.05, 4.69) is 63.7 Å². The number of hydrogen-bond acceptors (Lipinski definition) is 21. The zero-order valence-electron chi connectivity index (χ0n) is 79.0. The van der Waals surface area contributed by atoms with Crippen LogP contribution >= 0.6 is 45.8 Å². The number of rotatable bonds is 15. The van der Waals surface area contributed by atoms with E-state index in [-0.39, 0.29) is 99.6 Å². The Labute approximate surface area is 840 Å². The number of benzene rings is 1. The first kappa shape index (κ1) is 107. The van der Waals surface area contributed by atoms with Crippen LogP contribution in [0.25, 0.3) is 66.9 Å². The molecule has 0 radical (unpaired) electrons. The van der Waals surface area contributed by atoms with Crippen molar-refractivity contribution in [2.45, 2.75) is 192 Å². The second kappa shape index (κ2) is 48.4. The lowest BCUT2D eigenvalue weighted by Crippen LogP contribution is -2.52. The summed E-state index contributed by atoms with van der Waals surface area (Å²) >= 11 is 13.2. The maximum atomic E-state index is 15.0. The van der Waals surface area contributed by atoms with E-state index in [0.29, 0.717) is 159 Å². The van der Waals surface area contributed by atoms with Crippen LogP contribution in [0.2, 0.25) is 10.3 Å². The van der Waals surface area contributed by atoms with Gasteiger partial charge in [-0.3, -0.25) is 24.5 Å². The van der Waals surface area contributed by atoms with Crippen molar-refractivity contribution in [3.05, 3.63) is 229 Å². The molecule has 15 saturated carbocycles. The molecule has 0 spiro atoms. The minimum absolute atomic E-state index is 0.0162. The quantitative estimate of drug-likeness (QED) is 0.0371. The number of nitrogens with one attached hydrogen (secondary N) is 2.